The highest BCUT2D eigenvalue weighted by atomic mass is 35.5. The number of carbonyl (C=O) groups excluding carboxylic acids is 1. The summed E-state index contributed by atoms with van der Waals surface area (Å²) in [6.45, 7) is 1.77. The number of hydrogen-bond acceptors (Lipinski definition) is 3. The number of nitrogens with one attached hydrogen (secondary N) is 1. The van der Waals surface area contributed by atoms with Crippen molar-refractivity contribution >= 4 is 40.5 Å². The molecule has 1 N–H and O–H groups in total. The minimum Gasteiger partial charge on any atom is -0.322 e. The van der Waals surface area contributed by atoms with Gasteiger partial charge in [0.1, 0.15) is 0 Å². The van der Waals surface area contributed by atoms with Crippen LogP contribution in [0.1, 0.15) is 15.9 Å². The number of rotatable bonds is 3. The molecule has 0 aliphatic rings. The second kappa shape index (κ2) is 6.11. The van der Waals surface area contributed by atoms with Crippen LogP contribution >= 0.6 is 23.2 Å². The SMILES string of the molecule is Cc1cc(Cl)c(Cl)cc1NC(=O)c1cccc([N+](=O)[O-])c1. The van der Waals surface area contributed by atoms with E-state index < -0.39 is 10.8 Å². The van der Waals surface area contributed by atoms with Crippen LogP contribution in [0.5, 0.6) is 0 Å². The molecule has 108 valence electrons. The molecule has 2 aromatic carbocycles. The van der Waals surface area contributed by atoms with E-state index >= 15 is 0 Å². The van der Waals surface area contributed by atoms with Gasteiger partial charge in [0.15, 0.2) is 0 Å². The quantitative estimate of drug-likeness (QED) is 0.669. The number of non-ortho nitro benzene ring substituents is 1. The van der Waals surface area contributed by atoms with E-state index in [9.17, 15) is 14.9 Å². The van der Waals surface area contributed by atoms with E-state index in [1.54, 1.807) is 13.0 Å². The Morgan fingerprint density at radius 3 is 2.52 bits per heavy atom. The smallest absolute Gasteiger partial charge is 0.270 e. The van der Waals surface area contributed by atoms with Gasteiger partial charge in [-0.3, -0.25) is 14.9 Å². The molecular formula is C14H10Cl2N2O3. The van der Waals surface area contributed by atoms with Gasteiger partial charge in [-0.05, 0) is 30.7 Å². The number of aryl methyl sites for hydroxylation is 1. The molecule has 21 heavy (non-hydrogen) atoms. The average molecular weight is 325 g/mol. The van der Waals surface area contributed by atoms with Crippen molar-refractivity contribution < 1.29 is 9.72 Å². The lowest BCUT2D eigenvalue weighted by Crippen LogP contribution is -2.13. The van der Waals surface area contributed by atoms with Gasteiger partial charge in [-0.2, -0.15) is 0 Å². The summed E-state index contributed by atoms with van der Waals surface area (Å²) >= 11 is 11.8. The van der Waals surface area contributed by atoms with Crippen LogP contribution in [0.3, 0.4) is 0 Å². The fourth-order valence-electron chi connectivity index (χ4n) is 1.74. The molecule has 7 heteroatoms. The summed E-state index contributed by atoms with van der Waals surface area (Å²) in [5.74, 6) is -0.458. The summed E-state index contributed by atoms with van der Waals surface area (Å²) in [6.07, 6.45) is 0. The summed E-state index contributed by atoms with van der Waals surface area (Å²) in [6, 6.07) is 8.65. The van der Waals surface area contributed by atoms with Gasteiger partial charge in [0, 0.05) is 23.4 Å². The van der Waals surface area contributed by atoms with E-state index in [0.29, 0.717) is 15.7 Å². The van der Waals surface area contributed by atoms with Crippen molar-refractivity contribution in [1.29, 1.82) is 0 Å². The first-order chi connectivity index (χ1) is 9.88. The van der Waals surface area contributed by atoms with Crippen LogP contribution < -0.4 is 5.32 Å². The second-order valence-corrected chi connectivity index (χ2v) is 5.16. The molecule has 5 nitrogen and oxygen atoms in total. The van der Waals surface area contributed by atoms with Gasteiger partial charge in [-0.1, -0.05) is 29.3 Å². The third-order valence-electron chi connectivity index (χ3n) is 2.83. The van der Waals surface area contributed by atoms with Crippen LogP contribution in [0, 0.1) is 17.0 Å². The number of anilines is 1. The minimum atomic E-state index is -0.554. The Morgan fingerprint density at radius 1 is 1.19 bits per heavy atom. The zero-order valence-corrected chi connectivity index (χ0v) is 12.4. The predicted octanol–water partition coefficient (Wildman–Crippen LogP) is 4.46. The van der Waals surface area contributed by atoms with Gasteiger partial charge in [-0.25, -0.2) is 0 Å². The number of nitrogens with zero attached hydrogens (tertiary/aromatic N) is 1. The molecule has 0 unspecified atom stereocenters. The largest absolute Gasteiger partial charge is 0.322 e. The van der Waals surface area contributed by atoms with E-state index in [2.05, 4.69) is 5.32 Å². The van der Waals surface area contributed by atoms with Gasteiger partial charge in [0.05, 0.1) is 15.0 Å². The van der Waals surface area contributed by atoms with Crippen molar-refractivity contribution in [3.8, 4) is 0 Å². The van der Waals surface area contributed by atoms with Crippen molar-refractivity contribution in [1.82, 2.24) is 0 Å². The normalized spacial score (nSPS) is 10.2. The monoisotopic (exact) mass is 324 g/mol. The van der Waals surface area contributed by atoms with Crippen LogP contribution in [0.25, 0.3) is 0 Å². The number of amides is 1. The molecule has 2 rings (SSSR count). The van der Waals surface area contributed by atoms with Gasteiger partial charge >= 0.3 is 0 Å². The maximum absolute atomic E-state index is 12.1. The maximum atomic E-state index is 12.1. The van der Waals surface area contributed by atoms with E-state index in [0.717, 1.165) is 5.56 Å². The van der Waals surface area contributed by atoms with Gasteiger partial charge in [0.25, 0.3) is 11.6 Å². The lowest BCUT2D eigenvalue weighted by Gasteiger charge is -2.10. The van der Waals surface area contributed by atoms with Crippen molar-refractivity contribution in [3.05, 3.63) is 67.7 Å². The third kappa shape index (κ3) is 3.51. The Morgan fingerprint density at radius 2 is 1.86 bits per heavy atom. The topological polar surface area (TPSA) is 72.2 Å². The molecule has 0 saturated carbocycles. The lowest BCUT2D eigenvalue weighted by molar-refractivity contribution is -0.384. The first kappa shape index (κ1) is 15.3. The van der Waals surface area contributed by atoms with Crippen LogP contribution in [0.15, 0.2) is 36.4 Å². The van der Waals surface area contributed by atoms with E-state index in [1.807, 2.05) is 0 Å². The van der Waals surface area contributed by atoms with E-state index in [-0.39, 0.29) is 11.3 Å². The molecular weight excluding hydrogens is 315 g/mol. The number of nitro benzene ring substituents is 1. The number of hydrogen-bond donors (Lipinski definition) is 1. The van der Waals surface area contributed by atoms with Crippen molar-refractivity contribution in [3.63, 3.8) is 0 Å². The van der Waals surface area contributed by atoms with E-state index in [4.69, 9.17) is 23.2 Å². The van der Waals surface area contributed by atoms with Crippen molar-refractivity contribution in [2.75, 3.05) is 5.32 Å². The Hall–Kier alpha value is -2.11. The molecule has 0 aliphatic carbocycles. The molecule has 0 heterocycles. The van der Waals surface area contributed by atoms with E-state index in [1.165, 1.54) is 30.3 Å². The zero-order valence-electron chi connectivity index (χ0n) is 10.9. The highest BCUT2D eigenvalue weighted by Gasteiger charge is 2.13. The summed E-state index contributed by atoms with van der Waals surface area (Å²) in [4.78, 5) is 22.3. The van der Waals surface area contributed by atoms with Gasteiger partial charge < -0.3 is 5.32 Å². The highest BCUT2D eigenvalue weighted by Crippen LogP contribution is 2.29. The molecule has 0 aliphatic heterocycles. The van der Waals surface area contributed by atoms with Crippen LogP contribution in [0.2, 0.25) is 10.0 Å². The molecule has 0 saturated heterocycles. The molecule has 0 fully saturated rings. The third-order valence-corrected chi connectivity index (χ3v) is 3.56. The Labute approximate surface area is 130 Å². The maximum Gasteiger partial charge on any atom is 0.270 e. The number of halogens is 2. The molecule has 1 amide bonds. The zero-order chi connectivity index (χ0) is 15.6. The van der Waals surface area contributed by atoms with Crippen LogP contribution in [0.4, 0.5) is 11.4 Å². The standard InChI is InChI=1S/C14H10Cl2N2O3/c1-8-5-11(15)12(16)7-13(8)17-14(19)9-3-2-4-10(6-9)18(20)21/h2-7H,1H3,(H,17,19). The van der Waals surface area contributed by atoms with Crippen LogP contribution in [-0.2, 0) is 0 Å². The molecule has 0 aromatic heterocycles. The predicted molar refractivity (Wildman–Crippen MR) is 82.2 cm³/mol. The molecule has 0 spiro atoms. The average Bonchev–Trinajstić information content (AvgIpc) is 2.44. The Bertz CT molecular complexity index is 732. The molecule has 0 radical (unpaired) electrons. The number of carbonyl (C=O) groups is 1. The summed E-state index contributed by atoms with van der Waals surface area (Å²) in [5, 5.41) is 14.1. The van der Waals surface area contributed by atoms with Gasteiger partial charge in [0.2, 0.25) is 0 Å². The first-order valence-electron chi connectivity index (χ1n) is 5.90. The fraction of sp³-hybridized carbons (Fsp3) is 0.0714. The summed E-state index contributed by atoms with van der Waals surface area (Å²) < 4.78 is 0. The Kier molecular flexibility index (Phi) is 4.45. The lowest BCUT2D eigenvalue weighted by atomic mass is 10.1. The van der Waals surface area contributed by atoms with Crippen molar-refractivity contribution in [2.24, 2.45) is 0 Å². The minimum absolute atomic E-state index is 0.145. The molecule has 0 atom stereocenters. The number of benzene rings is 2. The molecule has 0 bridgehead atoms. The van der Waals surface area contributed by atoms with Crippen molar-refractivity contribution in [2.45, 2.75) is 6.92 Å². The van der Waals surface area contributed by atoms with Crippen LogP contribution in [-0.4, -0.2) is 10.8 Å². The summed E-state index contributed by atoms with van der Waals surface area (Å²) in [7, 11) is 0. The fourth-order valence-corrected chi connectivity index (χ4v) is 2.12. The Balaban J connectivity index is 2.28. The second-order valence-electron chi connectivity index (χ2n) is 4.34. The number of nitro groups is 1. The highest BCUT2D eigenvalue weighted by molar-refractivity contribution is 6.42. The summed E-state index contributed by atoms with van der Waals surface area (Å²) in [5.41, 5.74) is 1.28. The first-order valence-corrected chi connectivity index (χ1v) is 6.65. The van der Waals surface area contributed by atoms with Gasteiger partial charge in [-0.15, -0.1) is 0 Å². The molecule has 2 aromatic rings.